The highest BCUT2D eigenvalue weighted by Crippen LogP contribution is 2.34. The number of carbonyl (C=O) groups excluding carboxylic acids is 1. The molecular formula is C26H18ClN3O6S. The number of aromatic nitrogens is 1. The molecule has 0 N–H and O–H groups in total. The van der Waals surface area contributed by atoms with Crippen LogP contribution in [0.25, 0.3) is 17.4 Å². The normalized spacial score (nSPS) is 15.3. The van der Waals surface area contributed by atoms with Gasteiger partial charge in [0, 0.05) is 28.8 Å². The first kappa shape index (κ1) is 24.4. The third-order valence-electron chi connectivity index (χ3n) is 5.87. The molecule has 11 heteroatoms. The third-order valence-corrected chi connectivity index (χ3v) is 7.20. The number of nitro benzene ring substituents is 1. The molecule has 1 aliphatic heterocycles. The maximum Gasteiger partial charge on any atom is 0.338 e. The molecule has 0 unspecified atom stereocenters. The number of nitro groups is 1. The summed E-state index contributed by atoms with van der Waals surface area (Å²) in [6, 6.07) is 15.6. The molecule has 0 aliphatic carbocycles. The van der Waals surface area contributed by atoms with Crippen molar-refractivity contribution in [3.8, 4) is 11.3 Å². The van der Waals surface area contributed by atoms with Crippen LogP contribution >= 0.6 is 22.9 Å². The highest BCUT2D eigenvalue weighted by molar-refractivity contribution is 7.07. The van der Waals surface area contributed by atoms with Gasteiger partial charge in [0.25, 0.3) is 11.2 Å². The SMILES string of the molecule is COC(=O)C1=C(C)N=c2sc(=Cc3ccc(-c4cccc([N+](=O)[O-])c4)o3)c(=O)n2[C@H]1c1ccccc1Cl. The molecule has 0 fully saturated rings. The Morgan fingerprint density at radius 3 is 2.73 bits per heavy atom. The monoisotopic (exact) mass is 535 g/mol. The van der Waals surface area contributed by atoms with E-state index in [1.807, 2.05) is 0 Å². The van der Waals surface area contributed by atoms with E-state index in [4.69, 9.17) is 20.8 Å². The molecular weight excluding hydrogens is 518 g/mol. The van der Waals surface area contributed by atoms with E-state index in [1.54, 1.807) is 61.5 Å². The van der Waals surface area contributed by atoms with Gasteiger partial charge in [0.1, 0.15) is 17.6 Å². The number of thiazole rings is 1. The average molecular weight is 536 g/mol. The first-order valence-corrected chi connectivity index (χ1v) is 12.2. The van der Waals surface area contributed by atoms with Crippen LogP contribution in [-0.4, -0.2) is 22.6 Å². The fourth-order valence-corrected chi connectivity index (χ4v) is 5.44. The molecule has 0 saturated heterocycles. The van der Waals surface area contributed by atoms with Crippen LogP contribution in [0.2, 0.25) is 5.02 Å². The van der Waals surface area contributed by atoms with Crippen LogP contribution in [-0.2, 0) is 9.53 Å². The lowest BCUT2D eigenvalue weighted by atomic mass is 9.96. The predicted molar refractivity (Wildman–Crippen MR) is 138 cm³/mol. The summed E-state index contributed by atoms with van der Waals surface area (Å²) in [7, 11) is 1.27. The zero-order valence-corrected chi connectivity index (χ0v) is 21.1. The van der Waals surface area contributed by atoms with Gasteiger partial charge < -0.3 is 9.15 Å². The Balaban J connectivity index is 1.64. The van der Waals surface area contributed by atoms with Crippen molar-refractivity contribution in [1.29, 1.82) is 0 Å². The smallest absolute Gasteiger partial charge is 0.338 e. The Morgan fingerprint density at radius 1 is 1.22 bits per heavy atom. The molecule has 186 valence electrons. The Bertz CT molecular complexity index is 1780. The minimum atomic E-state index is -0.823. The molecule has 1 aliphatic rings. The van der Waals surface area contributed by atoms with Crippen molar-refractivity contribution >= 4 is 40.7 Å². The van der Waals surface area contributed by atoms with E-state index in [0.29, 0.717) is 42.7 Å². The number of furan rings is 1. The number of halogens is 1. The van der Waals surface area contributed by atoms with Gasteiger partial charge >= 0.3 is 5.97 Å². The fourth-order valence-electron chi connectivity index (χ4n) is 4.17. The third kappa shape index (κ3) is 4.41. The first-order chi connectivity index (χ1) is 17.8. The number of hydrogen-bond donors (Lipinski definition) is 0. The van der Waals surface area contributed by atoms with Crippen molar-refractivity contribution in [1.82, 2.24) is 4.57 Å². The van der Waals surface area contributed by atoms with Crippen LogP contribution in [0.5, 0.6) is 0 Å². The van der Waals surface area contributed by atoms with E-state index in [1.165, 1.54) is 23.8 Å². The number of carbonyl (C=O) groups is 1. The number of allylic oxidation sites excluding steroid dienone is 1. The van der Waals surface area contributed by atoms with E-state index in [-0.39, 0.29) is 16.8 Å². The lowest BCUT2D eigenvalue weighted by molar-refractivity contribution is -0.384. The Morgan fingerprint density at radius 2 is 2.00 bits per heavy atom. The zero-order valence-electron chi connectivity index (χ0n) is 19.5. The second-order valence-corrected chi connectivity index (χ2v) is 9.52. The highest BCUT2D eigenvalue weighted by Gasteiger charge is 2.34. The standard InChI is InChI=1S/C26H18ClN3O6S/c1-14-22(25(32)35-2)23(18-8-3-4-9-19(18)27)29-24(31)21(37-26(29)28-14)13-17-10-11-20(36-17)15-6-5-7-16(12-15)30(33)34/h3-13,23H,1-2H3/t23-/m0/s1. The van der Waals surface area contributed by atoms with Crippen molar-refractivity contribution in [2.24, 2.45) is 4.99 Å². The van der Waals surface area contributed by atoms with Gasteiger partial charge in [0.15, 0.2) is 4.80 Å². The first-order valence-electron chi connectivity index (χ1n) is 11.0. The number of rotatable bonds is 5. The van der Waals surface area contributed by atoms with Crippen molar-refractivity contribution in [3.63, 3.8) is 0 Å². The molecule has 0 bridgehead atoms. The number of benzene rings is 2. The van der Waals surface area contributed by atoms with Gasteiger partial charge in [0.2, 0.25) is 0 Å². The van der Waals surface area contributed by atoms with Crippen LogP contribution in [0.3, 0.4) is 0 Å². The van der Waals surface area contributed by atoms with Gasteiger partial charge in [-0.2, -0.15) is 0 Å². The van der Waals surface area contributed by atoms with E-state index < -0.39 is 16.9 Å². The lowest BCUT2D eigenvalue weighted by Gasteiger charge is -2.25. The Labute approximate surface area is 218 Å². The van der Waals surface area contributed by atoms with E-state index in [2.05, 4.69) is 4.99 Å². The van der Waals surface area contributed by atoms with Crippen LogP contribution in [0, 0.1) is 10.1 Å². The molecule has 2 aromatic carbocycles. The Hall–Kier alpha value is -4.28. The van der Waals surface area contributed by atoms with Gasteiger partial charge in [-0.3, -0.25) is 19.5 Å². The van der Waals surface area contributed by atoms with Crippen molar-refractivity contribution in [3.05, 3.63) is 118 Å². The largest absolute Gasteiger partial charge is 0.466 e. The summed E-state index contributed by atoms with van der Waals surface area (Å²) in [6.07, 6.45) is 1.57. The Kier molecular flexibility index (Phi) is 6.36. The number of methoxy groups -OCH3 is 1. The molecule has 9 nitrogen and oxygen atoms in total. The number of fused-ring (bicyclic) bond motifs is 1. The second kappa shape index (κ2) is 9.64. The predicted octanol–water partition coefficient (Wildman–Crippen LogP) is 4.23. The minimum Gasteiger partial charge on any atom is -0.466 e. The number of hydrogen-bond acceptors (Lipinski definition) is 8. The van der Waals surface area contributed by atoms with Crippen molar-refractivity contribution in [2.45, 2.75) is 13.0 Å². The van der Waals surface area contributed by atoms with Gasteiger partial charge in [0.05, 0.1) is 27.8 Å². The van der Waals surface area contributed by atoms with Gasteiger partial charge in [-0.1, -0.05) is 53.3 Å². The number of esters is 1. The number of ether oxygens (including phenoxy) is 1. The van der Waals surface area contributed by atoms with Gasteiger partial charge in [-0.15, -0.1) is 0 Å². The maximum absolute atomic E-state index is 13.6. The quantitative estimate of drug-likeness (QED) is 0.214. The molecule has 1 atom stereocenters. The van der Waals surface area contributed by atoms with Crippen LogP contribution in [0.4, 0.5) is 5.69 Å². The summed E-state index contributed by atoms with van der Waals surface area (Å²) in [6.45, 7) is 1.69. The molecule has 0 radical (unpaired) electrons. The van der Waals surface area contributed by atoms with Crippen molar-refractivity contribution < 1.29 is 18.9 Å². The van der Waals surface area contributed by atoms with Crippen molar-refractivity contribution in [2.75, 3.05) is 7.11 Å². The van der Waals surface area contributed by atoms with Gasteiger partial charge in [-0.25, -0.2) is 9.79 Å². The number of nitrogens with zero attached hydrogens (tertiary/aromatic N) is 3. The molecule has 37 heavy (non-hydrogen) atoms. The summed E-state index contributed by atoms with van der Waals surface area (Å²) in [5.74, 6) is 0.193. The van der Waals surface area contributed by atoms with Crippen LogP contribution in [0.15, 0.2) is 86.1 Å². The fraction of sp³-hybridized carbons (Fsp3) is 0.115. The van der Waals surface area contributed by atoms with E-state index >= 15 is 0 Å². The summed E-state index contributed by atoms with van der Waals surface area (Å²) in [5, 5.41) is 11.5. The number of non-ortho nitro benzene ring substituents is 1. The summed E-state index contributed by atoms with van der Waals surface area (Å²) in [4.78, 5) is 41.9. The second-order valence-electron chi connectivity index (χ2n) is 8.10. The topological polar surface area (TPSA) is 117 Å². The molecule has 4 aromatic rings. The van der Waals surface area contributed by atoms with E-state index in [0.717, 1.165) is 11.3 Å². The van der Waals surface area contributed by atoms with E-state index in [9.17, 15) is 19.7 Å². The highest BCUT2D eigenvalue weighted by atomic mass is 35.5. The average Bonchev–Trinajstić information content (AvgIpc) is 3.48. The van der Waals surface area contributed by atoms with Crippen LogP contribution in [0.1, 0.15) is 24.3 Å². The van der Waals surface area contributed by atoms with Crippen LogP contribution < -0.4 is 14.9 Å². The summed E-state index contributed by atoms with van der Waals surface area (Å²) >= 11 is 7.63. The van der Waals surface area contributed by atoms with Gasteiger partial charge in [-0.05, 0) is 30.7 Å². The zero-order chi connectivity index (χ0) is 26.3. The summed E-state index contributed by atoms with van der Waals surface area (Å²) < 4.78 is 12.6. The minimum absolute atomic E-state index is 0.0555. The molecule has 5 rings (SSSR count). The molecule has 0 spiro atoms. The molecule has 0 amide bonds. The molecule has 2 aromatic heterocycles. The summed E-state index contributed by atoms with van der Waals surface area (Å²) in [5.41, 5.74) is 1.32. The molecule has 0 saturated carbocycles. The maximum atomic E-state index is 13.6. The lowest BCUT2D eigenvalue weighted by Crippen LogP contribution is -2.39. The molecule has 3 heterocycles.